The number of ether oxygens (including phenoxy) is 1. The Morgan fingerprint density at radius 3 is 2.43 bits per heavy atom. The van der Waals surface area contributed by atoms with Crippen molar-refractivity contribution in [2.45, 2.75) is 23.6 Å². The van der Waals surface area contributed by atoms with Gasteiger partial charge >= 0.3 is 0 Å². The van der Waals surface area contributed by atoms with Gasteiger partial charge in [-0.25, -0.2) is 0 Å². The molecule has 28 heavy (non-hydrogen) atoms. The number of anilines is 1. The number of thioether (sulfide) groups is 1. The first-order valence-electron chi connectivity index (χ1n) is 8.36. The molecule has 0 spiro atoms. The Morgan fingerprint density at radius 2 is 1.79 bits per heavy atom. The molecule has 1 atom stereocenters. The van der Waals surface area contributed by atoms with E-state index in [-0.39, 0.29) is 10.6 Å². The molecule has 0 aromatic heterocycles. The maximum Gasteiger partial charge on any atom is 0.288 e. The largest absolute Gasteiger partial charge is 0.497 e. The molecule has 0 saturated carbocycles. The summed E-state index contributed by atoms with van der Waals surface area (Å²) in [5, 5.41) is 5.10. The summed E-state index contributed by atoms with van der Waals surface area (Å²) in [6.45, 7) is 1.51. The van der Waals surface area contributed by atoms with E-state index in [1.54, 1.807) is 49.6 Å². The first-order valence-corrected chi connectivity index (χ1v) is 9.24. The van der Waals surface area contributed by atoms with Crippen molar-refractivity contribution in [2.75, 3.05) is 12.4 Å². The quantitative estimate of drug-likeness (QED) is 0.510. The second-order valence-corrected chi connectivity index (χ2v) is 6.73. The number of methoxy groups -OCH3 is 1. The zero-order valence-electron chi connectivity index (χ0n) is 15.3. The Balaban J connectivity index is 1.92. The van der Waals surface area contributed by atoms with Gasteiger partial charge in [-0.15, -0.1) is 0 Å². The lowest BCUT2D eigenvalue weighted by Gasteiger charge is -2.15. The standard InChI is InChI=1S/C20H20F2N2O3S/c1-13(19(26)24-16-5-3-4-6-17(16)28-20(21)22)23-18(25)12-9-14-7-10-15(27-2)11-8-14/h3-13,20H,1-2H3,(H,23,25)(H,24,26)/b12-9+. The molecule has 0 radical (unpaired) electrons. The number of para-hydroxylation sites is 1. The third-order valence-corrected chi connectivity index (χ3v) is 4.44. The molecule has 0 heterocycles. The van der Waals surface area contributed by atoms with Gasteiger partial charge in [0.2, 0.25) is 11.8 Å². The molecule has 0 bridgehead atoms. The van der Waals surface area contributed by atoms with Gasteiger partial charge in [-0.1, -0.05) is 36.0 Å². The average molecular weight is 406 g/mol. The van der Waals surface area contributed by atoms with Gasteiger partial charge in [0.25, 0.3) is 5.76 Å². The summed E-state index contributed by atoms with van der Waals surface area (Å²) in [5.41, 5.74) is 1.07. The summed E-state index contributed by atoms with van der Waals surface area (Å²) in [5.74, 6) is -2.85. The van der Waals surface area contributed by atoms with E-state index < -0.39 is 23.6 Å². The molecule has 0 saturated heterocycles. The van der Waals surface area contributed by atoms with Crippen LogP contribution in [0.5, 0.6) is 5.75 Å². The van der Waals surface area contributed by atoms with Crippen LogP contribution >= 0.6 is 11.8 Å². The molecular formula is C20H20F2N2O3S. The second-order valence-electron chi connectivity index (χ2n) is 5.70. The normalized spacial score (nSPS) is 12.0. The van der Waals surface area contributed by atoms with Crippen LogP contribution in [0.25, 0.3) is 6.08 Å². The minimum atomic E-state index is -2.60. The predicted octanol–water partition coefficient (Wildman–Crippen LogP) is 4.17. The number of hydrogen-bond donors (Lipinski definition) is 2. The number of nitrogens with one attached hydrogen (secondary N) is 2. The van der Waals surface area contributed by atoms with Crippen LogP contribution in [0, 0.1) is 0 Å². The van der Waals surface area contributed by atoms with Crippen molar-refractivity contribution in [3.8, 4) is 5.75 Å². The molecule has 2 amide bonds. The number of amides is 2. The fourth-order valence-corrected chi connectivity index (χ4v) is 2.82. The van der Waals surface area contributed by atoms with E-state index in [2.05, 4.69) is 10.6 Å². The molecule has 1 unspecified atom stereocenters. The molecule has 0 aliphatic heterocycles. The fourth-order valence-electron chi connectivity index (χ4n) is 2.22. The van der Waals surface area contributed by atoms with Gasteiger partial charge in [-0.05, 0) is 42.8 Å². The SMILES string of the molecule is COc1ccc(/C=C/C(=O)NC(C)C(=O)Nc2ccccc2SC(F)F)cc1. The van der Waals surface area contributed by atoms with Gasteiger partial charge < -0.3 is 15.4 Å². The van der Waals surface area contributed by atoms with Crippen molar-refractivity contribution in [2.24, 2.45) is 0 Å². The van der Waals surface area contributed by atoms with Gasteiger partial charge in [-0.2, -0.15) is 8.78 Å². The molecule has 2 rings (SSSR count). The number of alkyl halides is 2. The van der Waals surface area contributed by atoms with E-state index in [1.807, 2.05) is 0 Å². The van der Waals surface area contributed by atoms with Crippen molar-refractivity contribution in [1.29, 1.82) is 0 Å². The highest BCUT2D eigenvalue weighted by Gasteiger charge is 2.17. The Kier molecular flexibility index (Phi) is 8.01. The second kappa shape index (κ2) is 10.5. The van der Waals surface area contributed by atoms with Gasteiger partial charge in [0.1, 0.15) is 11.8 Å². The van der Waals surface area contributed by atoms with E-state index in [0.717, 1.165) is 5.56 Å². The van der Waals surface area contributed by atoms with E-state index in [9.17, 15) is 18.4 Å². The molecule has 0 aliphatic rings. The highest BCUT2D eigenvalue weighted by Crippen LogP contribution is 2.31. The molecule has 5 nitrogen and oxygen atoms in total. The van der Waals surface area contributed by atoms with Crippen molar-refractivity contribution < 1.29 is 23.1 Å². The van der Waals surface area contributed by atoms with E-state index >= 15 is 0 Å². The van der Waals surface area contributed by atoms with Crippen molar-refractivity contribution in [3.05, 3.63) is 60.2 Å². The maximum absolute atomic E-state index is 12.6. The van der Waals surface area contributed by atoms with Gasteiger partial charge in [0.05, 0.1) is 12.8 Å². The Bertz CT molecular complexity index is 842. The van der Waals surface area contributed by atoms with Crippen LogP contribution in [0.3, 0.4) is 0 Å². The third-order valence-electron chi connectivity index (χ3n) is 3.66. The molecule has 148 valence electrons. The predicted molar refractivity (Wildman–Crippen MR) is 107 cm³/mol. The smallest absolute Gasteiger partial charge is 0.288 e. The van der Waals surface area contributed by atoms with E-state index in [0.29, 0.717) is 17.5 Å². The highest BCUT2D eigenvalue weighted by atomic mass is 32.2. The average Bonchev–Trinajstić information content (AvgIpc) is 2.67. The Labute approximate surface area is 166 Å². The third kappa shape index (κ3) is 6.70. The van der Waals surface area contributed by atoms with Crippen molar-refractivity contribution in [3.63, 3.8) is 0 Å². The zero-order valence-corrected chi connectivity index (χ0v) is 16.1. The van der Waals surface area contributed by atoms with Crippen LogP contribution in [0.2, 0.25) is 0 Å². The molecule has 8 heteroatoms. The summed E-state index contributed by atoms with van der Waals surface area (Å²) in [4.78, 5) is 24.5. The summed E-state index contributed by atoms with van der Waals surface area (Å²) in [6.07, 6.45) is 2.92. The highest BCUT2D eigenvalue weighted by molar-refractivity contribution is 7.99. The molecule has 0 aliphatic carbocycles. The zero-order chi connectivity index (χ0) is 20.5. The van der Waals surface area contributed by atoms with E-state index in [1.165, 1.54) is 25.1 Å². The fraction of sp³-hybridized carbons (Fsp3) is 0.200. The summed E-state index contributed by atoms with van der Waals surface area (Å²) >= 11 is 0.345. The number of halogens is 2. The van der Waals surface area contributed by atoms with E-state index in [4.69, 9.17) is 4.74 Å². The summed E-state index contributed by atoms with van der Waals surface area (Å²) < 4.78 is 30.3. The van der Waals surface area contributed by atoms with Gasteiger partial charge in [0.15, 0.2) is 0 Å². The molecule has 2 aromatic rings. The van der Waals surface area contributed by atoms with Crippen LogP contribution in [0.1, 0.15) is 12.5 Å². The Hall–Kier alpha value is -2.87. The van der Waals surface area contributed by atoms with Gasteiger partial charge in [0, 0.05) is 11.0 Å². The number of carbonyl (C=O) groups excluding carboxylic acids is 2. The van der Waals surface area contributed by atoms with Crippen LogP contribution in [-0.2, 0) is 9.59 Å². The summed E-state index contributed by atoms with van der Waals surface area (Å²) in [6, 6.07) is 12.5. The minimum absolute atomic E-state index is 0.253. The first-order chi connectivity index (χ1) is 13.4. The molecule has 2 N–H and O–H groups in total. The van der Waals surface area contributed by atoms with Crippen LogP contribution < -0.4 is 15.4 Å². The van der Waals surface area contributed by atoms with Gasteiger partial charge in [-0.3, -0.25) is 9.59 Å². The van der Waals surface area contributed by atoms with Crippen LogP contribution in [-0.4, -0.2) is 30.7 Å². The number of rotatable bonds is 8. The topological polar surface area (TPSA) is 67.4 Å². The maximum atomic E-state index is 12.6. The monoisotopic (exact) mass is 406 g/mol. The molecule has 0 fully saturated rings. The first kappa shape index (κ1) is 21.4. The van der Waals surface area contributed by atoms with Crippen molar-refractivity contribution in [1.82, 2.24) is 5.32 Å². The number of hydrogen-bond acceptors (Lipinski definition) is 4. The number of carbonyl (C=O) groups is 2. The van der Waals surface area contributed by atoms with Crippen molar-refractivity contribution >= 4 is 35.3 Å². The molecular weight excluding hydrogens is 386 g/mol. The lowest BCUT2D eigenvalue weighted by molar-refractivity contribution is -0.123. The Morgan fingerprint density at radius 1 is 1.11 bits per heavy atom. The van der Waals surface area contributed by atoms with Crippen LogP contribution in [0.4, 0.5) is 14.5 Å². The number of benzene rings is 2. The lowest BCUT2D eigenvalue weighted by atomic mass is 10.2. The molecule has 2 aromatic carbocycles. The van der Waals surface area contributed by atoms with Crippen LogP contribution in [0.15, 0.2) is 59.5 Å². The minimum Gasteiger partial charge on any atom is -0.497 e. The summed E-state index contributed by atoms with van der Waals surface area (Å²) in [7, 11) is 1.56. The lowest BCUT2D eigenvalue weighted by Crippen LogP contribution is -2.40.